The Labute approximate surface area is 81.9 Å². The number of hydrogen-bond acceptors (Lipinski definition) is 1. The number of halogens is 1. The maximum absolute atomic E-state index is 5.98. The van der Waals surface area contributed by atoms with Crippen molar-refractivity contribution in [3.8, 4) is 0 Å². The fourth-order valence-electron chi connectivity index (χ4n) is 1.51. The number of H-pyrrole nitrogens is 1. The average Bonchev–Trinajstić information content (AvgIpc) is 2.46. The van der Waals surface area contributed by atoms with Gasteiger partial charge >= 0.3 is 0 Å². The molecule has 0 atom stereocenters. The van der Waals surface area contributed by atoms with Crippen molar-refractivity contribution in [2.24, 2.45) is 0 Å². The van der Waals surface area contributed by atoms with Gasteiger partial charge in [0.25, 0.3) is 0 Å². The van der Waals surface area contributed by atoms with E-state index in [0.29, 0.717) is 0 Å². The van der Waals surface area contributed by atoms with Crippen LogP contribution in [0.4, 0.5) is 0 Å². The van der Waals surface area contributed by atoms with E-state index in [-0.39, 0.29) is 0 Å². The minimum atomic E-state index is 0.747. The molecular weight excluding hydrogens is 184 g/mol. The molecule has 13 heavy (non-hydrogen) atoms. The maximum Gasteiger partial charge on any atom is 0.139 e. The van der Waals surface area contributed by atoms with Gasteiger partial charge < -0.3 is 4.98 Å². The summed E-state index contributed by atoms with van der Waals surface area (Å²) in [6, 6.07) is 2.11. The van der Waals surface area contributed by atoms with Crippen molar-refractivity contribution in [1.82, 2.24) is 9.97 Å². The van der Waals surface area contributed by atoms with Gasteiger partial charge in [-0.2, -0.15) is 0 Å². The second-order valence-electron chi connectivity index (χ2n) is 3.12. The predicted molar refractivity (Wildman–Crippen MR) is 55.2 cm³/mol. The Morgan fingerprint density at radius 2 is 2.31 bits per heavy atom. The second-order valence-corrected chi connectivity index (χ2v) is 3.53. The van der Waals surface area contributed by atoms with Gasteiger partial charge in [-0.25, -0.2) is 4.98 Å². The van der Waals surface area contributed by atoms with E-state index in [1.807, 2.05) is 6.92 Å². The van der Waals surface area contributed by atoms with Crippen molar-refractivity contribution < 1.29 is 0 Å². The largest absolute Gasteiger partial charge is 0.345 e. The first kappa shape index (κ1) is 8.57. The highest BCUT2D eigenvalue weighted by Gasteiger charge is 2.05. The van der Waals surface area contributed by atoms with Gasteiger partial charge in [0.15, 0.2) is 0 Å². The van der Waals surface area contributed by atoms with Gasteiger partial charge in [-0.05, 0) is 25.0 Å². The highest BCUT2D eigenvalue weighted by atomic mass is 35.5. The lowest BCUT2D eigenvalue weighted by Gasteiger charge is -2.01. The lowest BCUT2D eigenvalue weighted by molar-refractivity contribution is 1.06. The molecule has 0 aliphatic heterocycles. The van der Waals surface area contributed by atoms with Gasteiger partial charge in [-0.3, -0.25) is 0 Å². The zero-order valence-corrected chi connectivity index (χ0v) is 8.44. The van der Waals surface area contributed by atoms with E-state index >= 15 is 0 Å². The molecule has 68 valence electrons. The molecule has 0 unspecified atom stereocenters. The molecule has 2 heterocycles. The molecule has 0 saturated heterocycles. The van der Waals surface area contributed by atoms with E-state index in [1.165, 1.54) is 5.56 Å². The lowest BCUT2D eigenvalue weighted by atomic mass is 10.1. The van der Waals surface area contributed by atoms with Crippen molar-refractivity contribution >= 4 is 22.6 Å². The van der Waals surface area contributed by atoms with Crippen LogP contribution in [0, 0.1) is 6.92 Å². The van der Waals surface area contributed by atoms with Crippen LogP contribution in [-0.2, 0) is 6.42 Å². The maximum atomic E-state index is 5.98. The number of aromatic nitrogens is 2. The molecule has 0 amide bonds. The molecule has 0 radical (unpaired) electrons. The third kappa shape index (κ3) is 1.31. The highest BCUT2D eigenvalue weighted by molar-refractivity contribution is 6.35. The summed E-state index contributed by atoms with van der Waals surface area (Å²) < 4.78 is 0. The number of nitrogens with zero attached hydrogens (tertiary/aromatic N) is 1. The molecule has 2 aromatic rings. The molecule has 2 aromatic heterocycles. The lowest BCUT2D eigenvalue weighted by Crippen LogP contribution is -1.90. The van der Waals surface area contributed by atoms with Crippen LogP contribution in [0.2, 0.25) is 5.02 Å². The highest BCUT2D eigenvalue weighted by Crippen LogP contribution is 2.23. The fourth-order valence-corrected chi connectivity index (χ4v) is 1.70. The number of aryl methyl sites for hydroxylation is 2. The van der Waals surface area contributed by atoms with Crippen LogP contribution in [0.25, 0.3) is 11.0 Å². The molecule has 2 nitrogen and oxygen atoms in total. The van der Waals surface area contributed by atoms with E-state index in [2.05, 4.69) is 23.0 Å². The van der Waals surface area contributed by atoms with Crippen molar-refractivity contribution in [3.63, 3.8) is 0 Å². The molecule has 0 aromatic carbocycles. The van der Waals surface area contributed by atoms with E-state index in [4.69, 9.17) is 11.6 Å². The smallest absolute Gasteiger partial charge is 0.139 e. The average molecular weight is 195 g/mol. The Balaban J connectivity index is 2.77. The summed E-state index contributed by atoms with van der Waals surface area (Å²) in [5.74, 6) is 0. The second kappa shape index (κ2) is 3.04. The van der Waals surface area contributed by atoms with Crippen molar-refractivity contribution in [2.45, 2.75) is 20.3 Å². The first-order valence-corrected chi connectivity index (χ1v) is 4.73. The summed E-state index contributed by atoms with van der Waals surface area (Å²) in [4.78, 5) is 7.46. The van der Waals surface area contributed by atoms with Gasteiger partial charge in [-0.15, -0.1) is 0 Å². The molecule has 0 bridgehead atoms. The number of rotatable bonds is 1. The van der Waals surface area contributed by atoms with Crippen LogP contribution < -0.4 is 0 Å². The number of hydrogen-bond donors (Lipinski definition) is 1. The zero-order valence-electron chi connectivity index (χ0n) is 7.69. The van der Waals surface area contributed by atoms with Crippen molar-refractivity contribution in [2.75, 3.05) is 0 Å². The van der Waals surface area contributed by atoms with Gasteiger partial charge in [0.1, 0.15) is 5.65 Å². The van der Waals surface area contributed by atoms with Crippen LogP contribution in [0.3, 0.4) is 0 Å². The van der Waals surface area contributed by atoms with Crippen LogP contribution in [0.5, 0.6) is 0 Å². The Morgan fingerprint density at radius 1 is 1.54 bits per heavy atom. The minimum Gasteiger partial charge on any atom is -0.345 e. The molecular formula is C10H11ClN2. The van der Waals surface area contributed by atoms with Crippen molar-refractivity contribution in [1.29, 1.82) is 0 Å². The van der Waals surface area contributed by atoms with Gasteiger partial charge in [0, 0.05) is 17.3 Å². The van der Waals surface area contributed by atoms with E-state index in [1.54, 1.807) is 6.20 Å². The Kier molecular flexibility index (Phi) is 2.00. The number of pyridine rings is 1. The molecule has 3 heteroatoms. The molecule has 0 fully saturated rings. The first-order valence-electron chi connectivity index (χ1n) is 4.35. The normalized spacial score (nSPS) is 11.0. The first-order chi connectivity index (χ1) is 6.22. The monoisotopic (exact) mass is 194 g/mol. The molecule has 0 spiro atoms. The number of nitrogens with one attached hydrogen (secondary N) is 1. The standard InChI is InChI=1S/C10H11ClN2/c1-3-7-4-8-9(11)5-12-10(8)13-6(7)2/h4-5H,3H2,1-2H3,(H,12,13). The van der Waals surface area contributed by atoms with Crippen molar-refractivity contribution in [3.05, 3.63) is 28.5 Å². The van der Waals surface area contributed by atoms with Gasteiger partial charge in [-0.1, -0.05) is 18.5 Å². The zero-order chi connectivity index (χ0) is 9.42. The third-order valence-corrected chi connectivity index (χ3v) is 2.60. The summed E-state index contributed by atoms with van der Waals surface area (Å²) in [5, 5.41) is 1.77. The summed E-state index contributed by atoms with van der Waals surface area (Å²) in [6.07, 6.45) is 2.77. The number of aromatic amines is 1. The SMILES string of the molecule is CCc1cc2c(Cl)c[nH]c2nc1C. The quantitative estimate of drug-likeness (QED) is 0.743. The molecule has 0 saturated carbocycles. The predicted octanol–water partition coefficient (Wildman–Crippen LogP) is 3.09. The van der Waals surface area contributed by atoms with E-state index in [9.17, 15) is 0 Å². The molecule has 2 rings (SSSR count). The number of fused-ring (bicyclic) bond motifs is 1. The molecule has 0 aliphatic rings. The molecule has 0 aliphatic carbocycles. The summed E-state index contributed by atoms with van der Waals surface area (Å²) >= 11 is 5.98. The Bertz CT molecular complexity index is 445. The summed E-state index contributed by atoms with van der Waals surface area (Å²) in [6.45, 7) is 4.14. The topological polar surface area (TPSA) is 28.7 Å². The van der Waals surface area contributed by atoms with Crippen LogP contribution >= 0.6 is 11.6 Å². The molecule has 1 N–H and O–H groups in total. The summed E-state index contributed by atoms with van der Waals surface area (Å²) in [7, 11) is 0. The minimum absolute atomic E-state index is 0.747. The van der Waals surface area contributed by atoms with E-state index < -0.39 is 0 Å². The third-order valence-electron chi connectivity index (χ3n) is 2.29. The van der Waals surface area contributed by atoms with Crippen LogP contribution in [-0.4, -0.2) is 9.97 Å². The van der Waals surface area contributed by atoms with Gasteiger partial charge in [0.2, 0.25) is 0 Å². The van der Waals surface area contributed by atoms with Gasteiger partial charge in [0.05, 0.1) is 5.02 Å². The van der Waals surface area contributed by atoms with Crippen LogP contribution in [0.1, 0.15) is 18.2 Å². The summed E-state index contributed by atoms with van der Waals surface area (Å²) in [5.41, 5.74) is 3.21. The van der Waals surface area contributed by atoms with E-state index in [0.717, 1.165) is 28.2 Å². The van der Waals surface area contributed by atoms with Crippen LogP contribution in [0.15, 0.2) is 12.3 Å². The Morgan fingerprint density at radius 3 is 3.00 bits per heavy atom. The fraction of sp³-hybridized carbons (Fsp3) is 0.300. The Hall–Kier alpha value is -1.02.